The number of ether oxygens (including phenoxy) is 1. The topological polar surface area (TPSA) is 44.9 Å². The number of rotatable bonds is 8. The Balaban J connectivity index is 0.00000481. The third-order valence-corrected chi connectivity index (χ3v) is 10.1. The zero-order valence-corrected chi connectivity index (χ0v) is 35.2. The van der Waals surface area contributed by atoms with E-state index < -0.39 is 0 Å². The van der Waals surface area contributed by atoms with Crippen LogP contribution in [0.15, 0.2) is 79.0 Å². The first kappa shape index (κ1) is 38.3. The number of hydrogen-bond acceptors (Lipinski definition) is 3. The van der Waals surface area contributed by atoms with Crippen molar-refractivity contribution in [3.63, 3.8) is 0 Å². The van der Waals surface area contributed by atoms with Crippen molar-refractivity contribution < 1.29 is 25.8 Å². The molecule has 0 spiro atoms. The second-order valence-electron chi connectivity index (χ2n) is 16.2. The monoisotopic (exact) mass is 881 g/mol. The van der Waals surface area contributed by atoms with E-state index in [0.717, 1.165) is 56.7 Å². The molecule has 6 heteroatoms. The van der Waals surface area contributed by atoms with Gasteiger partial charge in [-0.15, -0.1) is 41.3 Å². The largest absolute Gasteiger partial charge is 2.00 e. The van der Waals surface area contributed by atoms with Crippen molar-refractivity contribution in [1.29, 1.82) is 0 Å². The number of fused-ring (bicyclic) bond motifs is 3. The van der Waals surface area contributed by atoms with E-state index in [9.17, 15) is 0 Å². The van der Waals surface area contributed by atoms with Crippen LogP contribution in [0.4, 0.5) is 0 Å². The molecule has 7 aromatic rings. The van der Waals surface area contributed by atoms with E-state index in [1.54, 1.807) is 0 Å². The van der Waals surface area contributed by atoms with Gasteiger partial charge >= 0.3 is 21.1 Å². The maximum absolute atomic E-state index is 6.70. The summed E-state index contributed by atoms with van der Waals surface area (Å²) in [5.74, 6) is 3.15. The van der Waals surface area contributed by atoms with Gasteiger partial charge in [0.25, 0.3) is 0 Å². The van der Waals surface area contributed by atoms with Gasteiger partial charge in [-0.1, -0.05) is 84.3 Å². The van der Waals surface area contributed by atoms with Crippen molar-refractivity contribution in [1.82, 2.24) is 19.3 Å². The van der Waals surface area contributed by atoms with Gasteiger partial charge in [-0.05, 0) is 108 Å². The summed E-state index contributed by atoms with van der Waals surface area (Å²) in [5, 5.41) is 7.38. The van der Waals surface area contributed by atoms with E-state index in [2.05, 4.69) is 160 Å². The molecule has 53 heavy (non-hydrogen) atoms. The molecule has 0 fully saturated rings. The van der Waals surface area contributed by atoms with Crippen molar-refractivity contribution in [3.8, 4) is 34.1 Å². The molecular formula is C47H50N4OPt. The molecule has 0 bridgehead atoms. The van der Waals surface area contributed by atoms with Crippen LogP contribution < -0.4 is 4.74 Å². The molecule has 0 saturated carbocycles. The molecule has 0 aliphatic carbocycles. The molecule has 0 aliphatic rings. The van der Waals surface area contributed by atoms with Crippen LogP contribution in [0.1, 0.15) is 93.6 Å². The fourth-order valence-corrected chi connectivity index (χ4v) is 7.57. The second kappa shape index (κ2) is 14.7. The van der Waals surface area contributed by atoms with Gasteiger partial charge in [0.1, 0.15) is 5.82 Å². The first-order chi connectivity index (χ1) is 24.7. The summed E-state index contributed by atoms with van der Waals surface area (Å²) in [7, 11) is 0. The van der Waals surface area contributed by atoms with Gasteiger partial charge in [0.05, 0.1) is 5.69 Å². The number of benzene rings is 4. The Morgan fingerprint density at radius 2 is 1.49 bits per heavy atom. The van der Waals surface area contributed by atoms with Crippen LogP contribution in [-0.4, -0.2) is 19.3 Å². The van der Waals surface area contributed by atoms with Gasteiger partial charge in [0.2, 0.25) is 0 Å². The Morgan fingerprint density at radius 3 is 2.17 bits per heavy atom. The predicted octanol–water partition coefficient (Wildman–Crippen LogP) is 12.3. The van der Waals surface area contributed by atoms with Crippen LogP contribution in [0, 0.1) is 45.7 Å². The molecule has 3 heterocycles. The summed E-state index contributed by atoms with van der Waals surface area (Å²) in [4.78, 5) is 4.83. The summed E-state index contributed by atoms with van der Waals surface area (Å²) in [6, 6.07) is 33.1. The molecule has 0 N–H and O–H groups in total. The van der Waals surface area contributed by atoms with E-state index in [1.807, 2.05) is 16.9 Å². The van der Waals surface area contributed by atoms with Crippen molar-refractivity contribution in [2.75, 3.05) is 0 Å². The Morgan fingerprint density at radius 1 is 0.774 bits per heavy atom. The first-order valence-electron chi connectivity index (χ1n) is 18.5. The van der Waals surface area contributed by atoms with Crippen LogP contribution in [0.2, 0.25) is 0 Å². The minimum Gasteiger partial charge on any atom is -0.509 e. The van der Waals surface area contributed by atoms with Gasteiger partial charge < -0.3 is 9.30 Å². The molecule has 3 aromatic heterocycles. The van der Waals surface area contributed by atoms with E-state index in [1.165, 1.54) is 33.4 Å². The summed E-state index contributed by atoms with van der Waals surface area (Å²) >= 11 is 0. The Hall–Kier alpha value is -4.47. The smallest absolute Gasteiger partial charge is 0.509 e. The van der Waals surface area contributed by atoms with Crippen LogP contribution in [0.25, 0.3) is 44.4 Å². The van der Waals surface area contributed by atoms with Gasteiger partial charge in [-0.25, -0.2) is 4.98 Å². The zero-order chi connectivity index (χ0) is 37.1. The number of hydrogen-bond donors (Lipinski definition) is 0. The van der Waals surface area contributed by atoms with E-state index >= 15 is 0 Å². The molecule has 5 nitrogen and oxygen atoms in total. The van der Waals surface area contributed by atoms with Crippen molar-refractivity contribution in [2.24, 2.45) is 5.92 Å². The number of pyridine rings is 1. The Kier molecular flexibility index (Phi) is 10.6. The molecule has 4 aromatic carbocycles. The molecule has 0 amide bonds. The SMILES string of the molecule is Cc1cc(C(C)C)cc(C)c1-c1c(C)nn(-c2[c-]c(Oc3[c-]c4c(cc3)c3ccccc3n4-c3cc(CC(C)C)ccn3)cc(C(C)(C)C)c2)c1C.[Pt+2]. The standard InChI is InChI=1S/C47H50N4O.Pt/c1-28(2)20-34-18-19-48-44(23-34)50-42-15-13-12-14-40(42)41-17-16-38(27-43(41)50)52-39-25-36(47(9,10)11)24-37(26-39)51-33(8)46(32(7)49-51)45-30(5)21-35(29(3)4)22-31(45)6;/h12-19,21-25,28-29H,20H2,1-11H3;/q-2;+2. The predicted molar refractivity (Wildman–Crippen MR) is 216 cm³/mol. The first-order valence-corrected chi connectivity index (χ1v) is 18.5. The third kappa shape index (κ3) is 7.38. The number of para-hydroxylation sites is 1. The van der Waals surface area contributed by atoms with Gasteiger partial charge in [0, 0.05) is 34.5 Å². The normalized spacial score (nSPS) is 11.9. The van der Waals surface area contributed by atoms with Crippen LogP contribution >= 0.6 is 0 Å². The molecule has 0 aliphatic heterocycles. The quantitative estimate of drug-likeness (QED) is 0.143. The van der Waals surface area contributed by atoms with E-state index in [0.29, 0.717) is 23.3 Å². The average Bonchev–Trinajstić information content (AvgIpc) is 3.56. The van der Waals surface area contributed by atoms with Crippen LogP contribution in [-0.2, 0) is 32.9 Å². The molecule has 0 unspecified atom stereocenters. The molecule has 0 radical (unpaired) electrons. The fourth-order valence-electron chi connectivity index (χ4n) is 7.57. The van der Waals surface area contributed by atoms with E-state index in [-0.39, 0.29) is 26.5 Å². The molecule has 7 rings (SSSR count). The van der Waals surface area contributed by atoms with Gasteiger partial charge in [-0.2, -0.15) is 11.2 Å². The van der Waals surface area contributed by atoms with Crippen LogP contribution in [0.5, 0.6) is 11.5 Å². The summed E-state index contributed by atoms with van der Waals surface area (Å²) < 4.78 is 10.9. The maximum Gasteiger partial charge on any atom is 2.00 e. The average molecular weight is 882 g/mol. The molecule has 0 atom stereocenters. The number of nitrogens with zero attached hydrogens (tertiary/aromatic N) is 4. The summed E-state index contributed by atoms with van der Waals surface area (Å²) in [6.45, 7) is 24.4. The van der Waals surface area contributed by atoms with Crippen molar-refractivity contribution in [3.05, 3.63) is 130 Å². The Labute approximate surface area is 329 Å². The molecule has 0 saturated heterocycles. The Bertz CT molecular complexity index is 2430. The number of aromatic nitrogens is 4. The zero-order valence-electron chi connectivity index (χ0n) is 32.9. The van der Waals surface area contributed by atoms with Crippen molar-refractivity contribution >= 4 is 21.8 Å². The third-order valence-electron chi connectivity index (χ3n) is 10.1. The number of aryl methyl sites for hydroxylation is 3. The minimum atomic E-state index is -0.131. The van der Waals surface area contributed by atoms with Crippen molar-refractivity contribution in [2.45, 2.75) is 93.9 Å². The van der Waals surface area contributed by atoms with Gasteiger partial charge in [0.15, 0.2) is 0 Å². The second-order valence-corrected chi connectivity index (χ2v) is 16.2. The molecule has 274 valence electrons. The molecular weight excluding hydrogens is 832 g/mol. The fraction of sp³-hybridized carbons (Fsp3) is 0.319. The summed E-state index contributed by atoms with van der Waals surface area (Å²) in [5.41, 5.74) is 13.6. The summed E-state index contributed by atoms with van der Waals surface area (Å²) in [6.07, 6.45) is 2.91. The minimum absolute atomic E-state index is 0. The maximum atomic E-state index is 6.70. The van der Waals surface area contributed by atoms with Gasteiger partial charge in [-0.3, -0.25) is 4.68 Å². The van der Waals surface area contributed by atoms with E-state index in [4.69, 9.17) is 14.8 Å². The van der Waals surface area contributed by atoms with Crippen LogP contribution in [0.3, 0.4) is 0 Å².